The normalized spacial score (nSPS) is 11.6. The Kier molecular flexibility index (Phi) is 5.10. The molecule has 0 saturated carbocycles. The van der Waals surface area contributed by atoms with E-state index in [-0.39, 0.29) is 0 Å². The second-order valence-electron chi connectivity index (χ2n) is 5.32. The number of rotatable bonds is 4. The average molecular weight is 314 g/mol. The third-order valence-electron chi connectivity index (χ3n) is 3.36. The van der Waals surface area contributed by atoms with Crippen molar-refractivity contribution in [3.05, 3.63) is 96.1 Å². The molecule has 0 heterocycles. The van der Waals surface area contributed by atoms with E-state index < -0.39 is 0 Å². The minimum atomic E-state index is 0.529. The third-order valence-corrected chi connectivity index (χ3v) is 3.36. The van der Waals surface area contributed by atoms with Crippen molar-refractivity contribution in [1.29, 1.82) is 0 Å². The molecule has 0 saturated heterocycles. The lowest BCUT2D eigenvalue weighted by Crippen LogP contribution is -2.01. The van der Waals surface area contributed by atoms with E-state index in [1.54, 1.807) is 0 Å². The number of hydrogen-bond acceptors (Lipinski definition) is 3. The average Bonchev–Trinajstić information content (AvgIpc) is 2.63. The van der Waals surface area contributed by atoms with Gasteiger partial charge in [-0.05, 0) is 36.8 Å². The summed E-state index contributed by atoms with van der Waals surface area (Å²) in [6.07, 6.45) is 0. The fourth-order valence-corrected chi connectivity index (χ4v) is 2.16. The summed E-state index contributed by atoms with van der Waals surface area (Å²) in [4.78, 5) is 0. The molecule has 1 N–H and O–H groups in total. The van der Waals surface area contributed by atoms with Gasteiger partial charge in [0.05, 0.1) is 11.4 Å². The summed E-state index contributed by atoms with van der Waals surface area (Å²) in [5, 5.41) is 13.0. The van der Waals surface area contributed by atoms with Crippen molar-refractivity contribution in [3.63, 3.8) is 0 Å². The maximum Gasteiger partial charge on any atom is 0.201 e. The molecule has 0 aliphatic carbocycles. The zero-order valence-corrected chi connectivity index (χ0v) is 13.4. The molecule has 0 fully saturated rings. The first-order valence-electron chi connectivity index (χ1n) is 7.74. The van der Waals surface area contributed by atoms with Crippen LogP contribution in [0.15, 0.2) is 100 Å². The Balaban J connectivity index is 1.87. The number of azo groups is 1. The lowest BCUT2D eigenvalue weighted by molar-refractivity contribution is 1.22. The maximum absolute atomic E-state index is 4.43. The molecule has 0 aliphatic heterocycles. The van der Waals surface area contributed by atoms with Crippen molar-refractivity contribution in [2.24, 2.45) is 15.3 Å². The summed E-state index contributed by atoms with van der Waals surface area (Å²) in [6.45, 7) is 2.04. The van der Waals surface area contributed by atoms with E-state index in [0.717, 1.165) is 16.9 Å². The summed E-state index contributed by atoms with van der Waals surface area (Å²) >= 11 is 0. The number of hydrogen-bond donors (Lipinski definition) is 1. The van der Waals surface area contributed by atoms with Crippen LogP contribution in [0.4, 0.5) is 11.4 Å². The molecule has 0 bridgehead atoms. The van der Waals surface area contributed by atoms with Gasteiger partial charge in [-0.3, -0.25) is 5.43 Å². The van der Waals surface area contributed by atoms with Gasteiger partial charge in [0.2, 0.25) is 5.84 Å². The van der Waals surface area contributed by atoms with Gasteiger partial charge in [-0.15, -0.1) is 10.2 Å². The van der Waals surface area contributed by atoms with Gasteiger partial charge in [0, 0.05) is 5.56 Å². The van der Waals surface area contributed by atoms with Gasteiger partial charge in [0.15, 0.2) is 0 Å². The first kappa shape index (κ1) is 15.6. The highest BCUT2D eigenvalue weighted by Crippen LogP contribution is 2.14. The van der Waals surface area contributed by atoms with Crippen molar-refractivity contribution in [2.75, 3.05) is 5.43 Å². The molecule has 0 aromatic heterocycles. The van der Waals surface area contributed by atoms with Crippen LogP contribution in [0.5, 0.6) is 0 Å². The molecule has 0 spiro atoms. The zero-order chi connectivity index (χ0) is 16.6. The molecule has 0 unspecified atom stereocenters. The SMILES string of the molecule is Cc1cccc(NN=C(N=Nc2ccccc2)c2ccccc2)c1. The zero-order valence-electron chi connectivity index (χ0n) is 13.4. The molecule has 118 valence electrons. The van der Waals surface area contributed by atoms with Crippen molar-refractivity contribution < 1.29 is 0 Å². The van der Waals surface area contributed by atoms with E-state index >= 15 is 0 Å². The van der Waals surface area contributed by atoms with Gasteiger partial charge in [0.25, 0.3) is 0 Å². The van der Waals surface area contributed by atoms with Gasteiger partial charge >= 0.3 is 0 Å². The van der Waals surface area contributed by atoms with Crippen LogP contribution in [-0.4, -0.2) is 5.84 Å². The predicted molar refractivity (Wildman–Crippen MR) is 98.7 cm³/mol. The van der Waals surface area contributed by atoms with Gasteiger partial charge in [-0.25, -0.2) is 0 Å². The molecular weight excluding hydrogens is 296 g/mol. The first-order valence-corrected chi connectivity index (χ1v) is 7.74. The molecule has 3 aromatic rings. The highest BCUT2D eigenvalue weighted by molar-refractivity contribution is 5.99. The van der Waals surface area contributed by atoms with Crippen LogP contribution >= 0.6 is 0 Å². The van der Waals surface area contributed by atoms with Crippen LogP contribution in [0.1, 0.15) is 11.1 Å². The number of nitrogens with one attached hydrogen (secondary N) is 1. The Morgan fingerprint density at radius 3 is 2.21 bits per heavy atom. The second kappa shape index (κ2) is 7.83. The Morgan fingerprint density at radius 1 is 0.792 bits per heavy atom. The maximum atomic E-state index is 4.43. The lowest BCUT2D eigenvalue weighted by Gasteiger charge is -2.04. The summed E-state index contributed by atoms with van der Waals surface area (Å²) < 4.78 is 0. The van der Waals surface area contributed by atoms with E-state index in [4.69, 9.17) is 0 Å². The molecule has 3 aromatic carbocycles. The summed E-state index contributed by atoms with van der Waals surface area (Å²) in [5.41, 5.74) is 6.83. The molecule has 4 nitrogen and oxygen atoms in total. The van der Waals surface area contributed by atoms with Crippen molar-refractivity contribution in [1.82, 2.24) is 0 Å². The number of anilines is 1. The fraction of sp³-hybridized carbons (Fsp3) is 0.0500. The molecule has 0 radical (unpaired) electrons. The molecule has 0 amide bonds. The van der Waals surface area contributed by atoms with Gasteiger partial charge in [-0.2, -0.15) is 5.10 Å². The van der Waals surface area contributed by atoms with Gasteiger partial charge < -0.3 is 0 Å². The van der Waals surface area contributed by atoms with Crippen molar-refractivity contribution in [3.8, 4) is 0 Å². The highest BCUT2D eigenvalue weighted by Gasteiger charge is 2.02. The molecule has 4 heteroatoms. The summed E-state index contributed by atoms with van der Waals surface area (Å²) in [7, 11) is 0. The van der Waals surface area contributed by atoms with Gasteiger partial charge in [-0.1, -0.05) is 60.7 Å². The number of aryl methyl sites for hydroxylation is 1. The van der Waals surface area contributed by atoms with Crippen molar-refractivity contribution >= 4 is 17.2 Å². The van der Waals surface area contributed by atoms with Crippen LogP contribution in [0, 0.1) is 6.92 Å². The lowest BCUT2D eigenvalue weighted by atomic mass is 10.2. The fourth-order valence-electron chi connectivity index (χ4n) is 2.16. The van der Waals surface area contributed by atoms with E-state index in [1.165, 1.54) is 5.56 Å². The van der Waals surface area contributed by atoms with Crippen LogP contribution in [0.25, 0.3) is 0 Å². The Labute approximate surface area is 141 Å². The van der Waals surface area contributed by atoms with E-state index in [9.17, 15) is 0 Å². The van der Waals surface area contributed by atoms with E-state index in [2.05, 4.69) is 20.8 Å². The molecule has 0 atom stereocenters. The van der Waals surface area contributed by atoms with Gasteiger partial charge in [0.1, 0.15) is 0 Å². The minimum Gasteiger partial charge on any atom is -0.276 e. The number of amidine groups is 1. The van der Waals surface area contributed by atoms with Crippen molar-refractivity contribution in [2.45, 2.75) is 6.92 Å². The molecule has 24 heavy (non-hydrogen) atoms. The summed E-state index contributed by atoms with van der Waals surface area (Å²) in [5.74, 6) is 0.529. The number of nitrogens with zero attached hydrogens (tertiary/aromatic N) is 3. The standard InChI is InChI=1S/C20H18N4/c1-16-9-8-14-19(15-16)22-24-20(17-10-4-2-5-11-17)23-21-18-12-6-3-7-13-18/h2-15,22H,1H3. The van der Waals surface area contributed by atoms with Crippen LogP contribution in [0.2, 0.25) is 0 Å². The monoisotopic (exact) mass is 314 g/mol. The smallest absolute Gasteiger partial charge is 0.201 e. The molecule has 0 aliphatic rings. The topological polar surface area (TPSA) is 49.1 Å². The molecule has 3 rings (SSSR count). The van der Waals surface area contributed by atoms with Crippen LogP contribution < -0.4 is 5.43 Å². The number of hydrazone groups is 1. The minimum absolute atomic E-state index is 0.529. The largest absolute Gasteiger partial charge is 0.276 e. The Hall–Kier alpha value is -3.27. The van der Waals surface area contributed by atoms with E-state index in [1.807, 2.05) is 91.9 Å². The number of benzene rings is 3. The Morgan fingerprint density at radius 2 is 1.50 bits per heavy atom. The quantitative estimate of drug-likeness (QED) is 0.292. The first-order chi connectivity index (χ1) is 11.8. The Bertz CT molecular complexity index is 840. The highest BCUT2D eigenvalue weighted by atomic mass is 15.3. The third kappa shape index (κ3) is 4.36. The molecular formula is C20H18N4. The van der Waals surface area contributed by atoms with Crippen LogP contribution in [0.3, 0.4) is 0 Å². The predicted octanol–water partition coefficient (Wildman–Crippen LogP) is 5.55. The van der Waals surface area contributed by atoms with E-state index in [0.29, 0.717) is 5.84 Å². The second-order valence-corrected chi connectivity index (χ2v) is 5.32. The summed E-state index contributed by atoms with van der Waals surface area (Å²) in [6, 6.07) is 27.4. The van der Waals surface area contributed by atoms with Crippen LogP contribution in [-0.2, 0) is 0 Å².